The van der Waals surface area contributed by atoms with Gasteiger partial charge in [0.05, 0.1) is 13.7 Å². The van der Waals surface area contributed by atoms with Crippen LogP contribution in [0.25, 0.3) is 0 Å². The summed E-state index contributed by atoms with van der Waals surface area (Å²) < 4.78 is 5.02. The van der Waals surface area contributed by atoms with Crippen molar-refractivity contribution in [2.75, 3.05) is 20.3 Å². The zero-order valence-corrected chi connectivity index (χ0v) is 13.9. The number of phenols is 1. The maximum absolute atomic E-state index is 12.9. The van der Waals surface area contributed by atoms with Crippen molar-refractivity contribution in [3.63, 3.8) is 0 Å². The van der Waals surface area contributed by atoms with Gasteiger partial charge in [0.2, 0.25) is 5.91 Å². The lowest BCUT2D eigenvalue weighted by Gasteiger charge is -2.16. The Labute approximate surface area is 146 Å². The van der Waals surface area contributed by atoms with E-state index in [1.165, 1.54) is 25.3 Å². The number of carbonyl (C=O) groups is 2. The number of Topliss-reactive ketones (excluding diaryl/α,β-unsaturated/α-hetero) is 1. The number of aromatic hydroxyl groups is 1. The van der Waals surface area contributed by atoms with Crippen molar-refractivity contribution in [1.82, 2.24) is 5.32 Å². The maximum atomic E-state index is 12.9. The minimum atomic E-state index is -0.941. The van der Waals surface area contributed by atoms with E-state index >= 15 is 0 Å². The number of methoxy groups -OCH3 is 1. The molecule has 25 heavy (non-hydrogen) atoms. The van der Waals surface area contributed by atoms with E-state index in [1.54, 1.807) is 0 Å². The molecule has 2 aromatic rings. The third-order valence-corrected chi connectivity index (χ3v) is 3.79. The lowest BCUT2D eigenvalue weighted by atomic mass is 9.90. The van der Waals surface area contributed by atoms with E-state index in [2.05, 4.69) is 5.32 Å². The fourth-order valence-corrected chi connectivity index (χ4v) is 2.49. The number of aliphatic hydroxyl groups is 1. The van der Waals surface area contributed by atoms with E-state index in [-0.39, 0.29) is 42.4 Å². The van der Waals surface area contributed by atoms with Crippen molar-refractivity contribution < 1.29 is 24.5 Å². The summed E-state index contributed by atoms with van der Waals surface area (Å²) >= 11 is 0. The molecular weight excluding hydrogens is 322 g/mol. The van der Waals surface area contributed by atoms with E-state index in [1.807, 2.05) is 30.3 Å². The maximum Gasteiger partial charge on any atom is 0.231 e. The second-order valence-electron chi connectivity index (χ2n) is 5.51. The van der Waals surface area contributed by atoms with Gasteiger partial charge < -0.3 is 20.3 Å². The molecule has 0 aliphatic heterocycles. The molecule has 0 radical (unpaired) electrons. The summed E-state index contributed by atoms with van der Waals surface area (Å²) in [4.78, 5) is 25.3. The highest BCUT2D eigenvalue weighted by atomic mass is 16.5. The summed E-state index contributed by atoms with van der Waals surface area (Å²) in [5.74, 6) is -1.68. The summed E-state index contributed by atoms with van der Waals surface area (Å²) in [6.45, 7) is -0.124. The Bertz CT molecular complexity index is 730. The van der Waals surface area contributed by atoms with E-state index in [4.69, 9.17) is 9.84 Å². The Morgan fingerprint density at radius 1 is 1.16 bits per heavy atom. The van der Waals surface area contributed by atoms with E-state index in [0.717, 1.165) is 5.56 Å². The van der Waals surface area contributed by atoms with Gasteiger partial charge in [0, 0.05) is 12.1 Å². The number of amides is 1. The van der Waals surface area contributed by atoms with E-state index in [9.17, 15) is 14.7 Å². The van der Waals surface area contributed by atoms with Crippen LogP contribution in [0.15, 0.2) is 48.5 Å². The smallest absolute Gasteiger partial charge is 0.231 e. The lowest BCUT2D eigenvalue weighted by molar-refractivity contribution is -0.123. The van der Waals surface area contributed by atoms with Crippen LogP contribution in [-0.2, 0) is 11.2 Å². The quantitative estimate of drug-likeness (QED) is 0.499. The SMILES string of the molecule is COc1cc(C(=O)C(Cc2ccccc2)C(=O)NCCO)ccc1O. The van der Waals surface area contributed by atoms with Gasteiger partial charge in [0.25, 0.3) is 0 Å². The number of hydrogen-bond acceptors (Lipinski definition) is 5. The highest BCUT2D eigenvalue weighted by molar-refractivity contribution is 6.10. The summed E-state index contributed by atoms with van der Waals surface area (Å²) in [5, 5.41) is 21.1. The zero-order valence-electron chi connectivity index (χ0n) is 13.9. The molecule has 0 aliphatic carbocycles. The highest BCUT2D eigenvalue weighted by Crippen LogP contribution is 2.28. The first-order valence-electron chi connectivity index (χ1n) is 7.90. The molecule has 1 amide bonds. The summed E-state index contributed by atoms with van der Waals surface area (Å²) in [6, 6.07) is 13.5. The van der Waals surface area contributed by atoms with Crippen LogP contribution < -0.4 is 10.1 Å². The number of phenolic OH excluding ortho intramolecular Hbond substituents is 1. The van der Waals surface area contributed by atoms with Gasteiger partial charge in [-0.1, -0.05) is 30.3 Å². The van der Waals surface area contributed by atoms with Crippen molar-refractivity contribution in [2.24, 2.45) is 5.92 Å². The molecule has 0 bridgehead atoms. The number of hydrogen-bond donors (Lipinski definition) is 3. The molecule has 6 nitrogen and oxygen atoms in total. The summed E-state index contributed by atoms with van der Waals surface area (Å²) in [5.41, 5.74) is 1.13. The molecule has 2 aromatic carbocycles. The number of carbonyl (C=O) groups excluding carboxylic acids is 2. The average molecular weight is 343 g/mol. The molecule has 0 saturated carbocycles. The Balaban J connectivity index is 2.29. The molecule has 0 saturated heterocycles. The van der Waals surface area contributed by atoms with Gasteiger partial charge in [-0.3, -0.25) is 9.59 Å². The van der Waals surface area contributed by atoms with Crippen LogP contribution in [0, 0.1) is 5.92 Å². The average Bonchev–Trinajstić information content (AvgIpc) is 2.64. The van der Waals surface area contributed by atoms with Crippen molar-refractivity contribution >= 4 is 11.7 Å². The molecule has 0 fully saturated rings. The van der Waals surface area contributed by atoms with Crippen LogP contribution in [0.4, 0.5) is 0 Å². The molecule has 0 heterocycles. The molecule has 2 rings (SSSR count). The first-order chi connectivity index (χ1) is 12.1. The molecule has 0 spiro atoms. The van der Waals surface area contributed by atoms with Crippen LogP contribution in [-0.4, -0.2) is 42.2 Å². The molecule has 6 heteroatoms. The number of ketones is 1. The first kappa shape index (κ1) is 18.5. The molecule has 3 N–H and O–H groups in total. The molecule has 1 unspecified atom stereocenters. The van der Waals surface area contributed by atoms with Crippen molar-refractivity contribution in [1.29, 1.82) is 0 Å². The molecule has 132 valence electrons. The topological polar surface area (TPSA) is 95.9 Å². The van der Waals surface area contributed by atoms with Crippen LogP contribution in [0.5, 0.6) is 11.5 Å². The van der Waals surface area contributed by atoms with E-state index in [0.29, 0.717) is 0 Å². The third kappa shape index (κ3) is 4.81. The Morgan fingerprint density at radius 2 is 1.88 bits per heavy atom. The second kappa shape index (κ2) is 8.84. The van der Waals surface area contributed by atoms with Gasteiger partial charge in [0.1, 0.15) is 5.92 Å². The monoisotopic (exact) mass is 343 g/mol. The number of nitrogens with one attached hydrogen (secondary N) is 1. The fourth-order valence-electron chi connectivity index (χ4n) is 2.49. The van der Waals surface area contributed by atoms with Gasteiger partial charge in [-0.25, -0.2) is 0 Å². The Kier molecular flexibility index (Phi) is 6.54. The normalized spacial score (nSPS) is 11.6. The lowest BCUT2D eigenvalue weighted by Crippen LogP contribution is -2.38. The van der Waals surface area contributed by atoms with Gasteiger partial charge in [0.15, 0.2) is 17.3 Å². The van der Waals surface area contributed by atoms with Gasteiger partial charge in [-0.15, -0.1) is 0 Å². The van der Waals surface area contributed by atoms with Crippen LogP contribution >= 0.6 is 0 Å². The van der Waals surface area contributed by atoms with Gasteiger partial charge >= 0.3 is 0 Å². The summed E-state index contributed by atoms with van der Waals surface area (Å²) in [7, 11) is 1.39. The molecule has 0 aromatic heterocycles. The second-order valence-corrected chi connectivity index (χ2v) is 5.51. The minimum Gasteiger partial charge on any atom is -0.504 e. The Morgan fingerprint density at radius 3 is 2.52 bits per heavy atom. The van der Waals surface area contributed by atoms with E-state index < -0.39 is 11.8 Å². The van der Waals surface area contributed by atoms with Gasteiger partial charge in [-0.05, 0) is 30.2 Å². The number of ether oxygens (including phenoxy) is 1. The van der Waals surface area contributed by atoms with Crippen molar-refractivity contribution in [3.05, 3.63) is 59.7 Å². The largest absolute Gasteiger partial charge is 0.504 e. The highest BCUT2D eigenvalue weighted by Gasteiger charge is 2.28. The number of aliphatic hydroxyl groups excluding tert-OH is 1. The number of rotatable bonds is 8. The zero-order chi connectivity index (χ0) is 18.2. The Hall–Kier alpha value is -2.86. The molecular formula is C19H21NO5. The molecule has 1 atom stereocenters. The summed E-state index contributed by atoms with van der Waals surface area (Å²) in [6.07, 6.45) is 0.236. The first-order valence-corrected chi connectivity index (χ1v) is 7.90. The van der Waals surface area contributed by atoms with Crippen molar-refractivity contribution in [3.8, 4) is 11.5 Å². The van der Waals surface area contributed by atoms with Gasteiger partial charge in [-0.2, -0.15) is 0 Å². The van der Waals surface area contributed by atoms with Crippen LogP contribution in [0.2, 0.25) is 0 Å². The van der Waals surface area contributed by atoms with Crippen LogP contribution in [0.1, 0.15) is 15.9 Å². The third-order valence-electron chi connectivity index (χ3n) is 3.79. The predicted octanol–water partition coefficient (Wildman–Crippen LogP) is 1.55. The van der Waals surface area contributed by atoms with Crippen molar-refractivity contribution in [2.45, 2.75) is 6.42 Å². The molecule has 0 aliphatic rings. The number of benzene rings is 2. The predicted molar refractivity (Wildman–Crippen MR) is 92.7 cm³/mol. The minimum absolute atomic E-state index is 0.0797. The fraction of sp³-hybridized carbons (Fsp3) is 0.263. The standard InChI is InChI=1S/C19H21NO5/c1-25-17-12-14(7-8-16(17)22)18(23)15(19(24)20-9-10-21)11-13-5-3-2-4-6-13/h2-8,12,15,21-22H,9-11H2,1H3,(H,20,24). The van der Waals surface area contributed by atoms with Crippen LogP contribution in [0.3, 0.4) is 0 Å².